The molecule has 1 saturated carbocycles. The van der Waals surface area contributed by atoms with E-state index in [1.54, 1.807) is 14.2 Å². The van der Waals surface area contributed by atoms with Gasteiger partial charge >= 0.3 is 0 Å². The van der Waals surface area contributed by atoms with Gasteiger partial charge < -0.3 is 19.3 Å². The summed E-state index contributed by atoms with van der Waals surface area (Å²) in [5.41, 5.74) is 2.93. The van der Waals surface area contributed by atoms with E-state index in [9.17, 15) is 5.11 Å². The van der Waals surface area contributed by atoms with E-state index >= 15 is 0 Å². The molecule has 7 nitrogen and oxygen atoms in total. The van der Waals surface area contributed by atoms with Crippen LogP contribution in [-0.2, 0) is 13.0 Å². The van der Waals surface area contributed by atoms with Crippen molar-refractivity contribution >= 4 is 0 Å². The predicted molar refractivity (Wildman–Crippen MR) is 142 cm³/mol. The summed E-state index contributed by atoms with van der Waals surface area (Å²) >= 11 is 0. The molecule has 1 N–H and O–H groups in total. The molecule has 194 valence electrons. The van der Waals surface area contributed by atoms with Gasteiger partial charge in [-0.15, -0.1) is 0 Å². The van der Waals surface area contributed by atoms with Gasteiger partial charge in [0.2, 0.25) is 5.88 Å². The number of unbranched alkanes of at least 4 members (excludes halogenated alkanes) is 1. The van der Waals surface area contributed by atoms with Crippen LogP contribution in [0.15, 0.2) is 48.5 Å². The third-order valence-electron chi connectivity index (χ3n) is 6.71. The molecule has 1 atom stereocenters. The summed E-state index contributed by atoms with van der Waals surface area (Å²) in [6.45, 7) is 5.62. The molecule has 0 amide bonds. The van der Waals surface area contributed by atoms with E-state index in [2.05, 4.69) is 18.7 Å². The van der Waals surface area contributed by atoms with Crippen molar-refractivity contribution in [3.63, 3.8) is 0 Å². The quantitative estimate of drug-likeness (QED) is 0.308. The van der Waals surface area contributed by atoms with Crippen molar-refractivity contribution in [1.29, 1.82) is 0 Å². The first-order valence-corrected chi connectivity index (χ1v) is 13.1. The van der Waals surface area contributed by atoms with Crippen molar-refractivity contribution in [1.82, 2.24) is 14.7 Å². The number of aryl methyl sites for hydroxylation is 1. The molecule has 4 rings (SSSR count). The average Bonchev–Trinajstić information content (AvgIpc) is 3.71. The van der Waals surface area contributed by atoms with E-state index in [-0.39, 0.29) is 6.10 Å². The van der Waals surface area contributed by atoms with Gasteiger partial charge in [0, 0.05) is 19.1 Å². The highest BCUT2D eigenvalue weighted by Crippen LogP contribution is 2.38. The fourth-order valence-electron chi connectivity index (χ4n) is 4.52. The van der Waals surface area contributed by atoms with Gasteiger partial charge in [-0.2, -0.15) is 5.10 Å². The van der Waals surface area contributed by atoms with Gasteiger partial charge in [-0.3, -0.25) is 4.90 Å². The Labute approximate surface area is 214 Å². The molecule has 0 bridgehead atoms. The van der Waals surface area contributed by atoms with Crippen LogP contribution in [0.2, 0.25) is 0 Å². The number of para-hydroxylation sites is 2. The van der Waals surface area contributed by atoms with E-state index in [4.69, 9.17) is 19.3 Å². The van der Waals surface area contributed by atoms with E-state index in [1.165, 1.54) is 0 Å². The fraction of sp³-hybridized carbons (Fsp3) is 0.483. The van der Waals surface area contributed by atoms with Gasteiger partial charge in [-0.1, -0.05) is 38.8 Å². The Kier molecular flexibility index (Phi) is 8.88. The maximum Gasteiger partial charge on any atom is 0.227 e. The van der Waals surface area contributed by atoms with E-state index in [0.29, 0.717) is 36.5 Å². The van der Waals surface area contributed by atoms with E-state index in [1.807, 2.05) is 53.2 Å². The lowest BCUT2D eigenvalue weighted by atomic mass is 10.1. The number of aromatic nitrogens is 2. The highest BCUT2D eigenvalue weighted by atomic mass is 16.5. The predicted octanol–water partition coefficient (Wildman–Crippen LogP) is 5.76. The number of aliphatic hydroxyl groups excluding tert-OH is 1. The summed E-state index contributed by atoms with van der Waals surface area (Å²) in [4.78, 5) is 2.41. The molecule has 1 fully saturated rings. The van der Waals surface area contributed by atoms with Gasteiger partial charge in [-0.05, 0) is 62.1 Å². The molecule has 1 aromatic heterocycles. The van der Waals surface area contributed by atoms with Crippen LogP contribution in [0.3, 0.4) is 0 Å². The summed E-state index contributed by atoms with van der Waals surface area (Å²) in [5.74, 6) is 2.77. The smallest absolute Gasteiger partial charge is 0.227 e. The van der Waals surface area contributed by atoms with Crippen LogP contribution in [0.1, 0.15) is 57.2 Å². The standard InChI is InChI=1S/C29H39N3O4/c1-5-7-10-23(33)19-31(21-13-14-21)20-25-26(6-2)30-32(22-15-17-24(34-3)18-16-22)29(25)36-28-12-9-8-11-27(28)35-4/h8-9,11-12,15-18,21,23,33H,5-7,10,13-14,19-20H2,1-4H3/t23-/m1/s1. The molecule has 1 heterocycles. The lowest BCUT2D eigenvalue weighted by molar-refractivity contribution is 0.0949. The minimum atomic E-state index is -0.328. The van der Waals surface area contributed by atoms with E-state index in [0.717, 1.165) is 61.2 Å². The molecule has 3 aromatic rings. The zero-order chi connectivity index (χ0) is 25.5. The minimum Gasteiger partial charge on any atom is -0.497 e. The second-order valence-electron chi connectivity index (χ2n) is 9.40. The first-order valence-electron chi connectivity index (χ1n) is 13.1. The number of methoxy groups -OCH3 is 2. The zero-order valence-electron chi connectivity index (χ0n) is 21.9. The highest BCUT2D eigenvalue weighted by molar-refractivity contribution is 5.48. The zero-order valence-corrected chi connectivity index (χ0v) is 21.9. The summed E-state index contributed by atoms with van der Waals surface area (Å²) in [6.07, 6.45) is 5.73. The molecule has 36 heavy (non-hydrogen) atoms. The highest BCUT2D eigenvalue weighted by Gasteiger charge is 2.33. The van der Waals surface area contributed by atoms with Crippen molar-refractivity contribution < 1.29 is 19.3 Å². The molecule has 0 saturated heterocycles. The fourth-order valence-corrected chi connectivity index (χ4v) is 4.52. The van der Waals surface area contributed by atoms with Crippen LogP contribution in [0.25, 0.3) is 5.69 Å². The minimum absolute atomic E-state index is 0.328. The molecule has 0 radical (unpaired) electrons. The van der Waals surface area contributed by atoms with Crippen LogP contribution in [0, 0.1) is 0 Å². The number of rotatable bonds is 14. The van der Waals surface area contributed by atoms with Gasteiger partial charge in [0.15, 0.2) is 11.5 Å². The maximum absolute atomic E-state index is 10.7. The van der Waals surface area contributed by atoms with Crippen molar-refractivity contribution in [2.45, 2.75) is 71.1 Å². The number of hydrogen-bond donors (Lipinski definition) is 1. The number of nitrogens with zero attached hydrogens (tertiary/aromatic N) is 3. The Hall–Kier alpha value is -3.03. The second kappa shape index (κ2) is 12.3. The summed E-state index contributed by atoms with van der Waals surface area (Å²) in [7, 11) is 3.31. The molecular formula is C29H39N3O4. The molecule has 7 heteroatoms. The number of benzene rings is 2. The lowest BCUT2D eigenvalue weighted by Crippen LogP contribution is -2.34. The molecule has 0 spiro atoms. The summed E-state index contributed by atoms with van der Waals surface area (Å²) < 4.78 is 19.4. The van der Waals surface area contributed by atoms with Gasteiger partial charge in [-0.25, -0.2) is 4.68 Å². The molecule has 1 aliphatic carbocycles. The Bertz CT molecular complexity index is 1110. The topological polar surface area (TPSA) is 69.0 Å². The number of hydrogen-bond acceptors (Lipinski definition) is 6. The SMILES string of the molecule is CCCC[C@@H](O)CN(Cc1c(CC)nn(-c2ccc(OC)cc2)c1Oc1ccccc1OC)C1CC1. The monoisotopic (exact) mass is 493 g/mol. The Morgan fingerprint density at radius 3 is 2.36 bits per heavy atom. The summed E-state index contributed by atoms with van der Waals surface area (Å²) in [6, 6.07) is 16.0. The summed E-state index contributed by atoms with van der Waals surface area (Å²) in [5, 5.41) is 15.7. The van der Waals surface area contributed by atoms with Gasteiger partial charge in [0.25, 0.3) is 0 Å². The normalized spacial score (nSPS) is 14.2. The maximum atomic E-state index is 10.7. The first kappa shape index (κ1) is 26.0. The van der Waals surface area contributed by atoms with Crippen LogP contribution < -0.4 is 14.2 Å². The van der Waals surface area contributed by atoms with Crippen molar-refractivity contribution in [3.8, 4) is 28.8 Å². The lowest BCUT2D eigenvalue weighted by Gasteiger charge is -2.25. The first-order chi connectivity index (χ1) is 17.6. The average molecular weight is 494 g/mol. The Morgan fingerprint density at radius 2 is 1.75 bits per heavy atom. The van der Waals surface area contributed by atoms with Crippen molar-refractivity contribution in [2.24, 2.45) is 0 Å². The number of aliphatic hydroxyl groups is 1. The molecule has 0 unspecified atom stereocenters. The molecular weight excluding hydrogens is 454 g/mol. The molecule has 1 aliphatic rings. The van der Waals surface area contributed by atoms with Crippen molar-refractivity contribution in [2.75, 3.05) is 20.8 Å². The van der Waals surface area contributed by atoms with Gasteiger partial charge in [0.1, 0.15) is 5.75 Å². The largest absolute Gasteiger partial charge is 0.497 e. The second-order valence-corrected chi connectivity index (χ2v) is 9.40. The molecule has 0 aliphatic heterocycles. The van der Waals surface area contributed by atoms with Crippen molar-refractivity contribution in [3.05, 3.63) is 59.8 Å². The molecule has 2 aromatic carbocycles. The van der Waals surface area contributed by atoms with Crippen LogP contribution in [-0.4, -0.2) is 52.7 Å². The van der Waals surface area contributed by atoms with Gasteiger partial charge in [0.05, 0.1) is 37.3 Å². The number of ether oxygens (including phenoxy) is 3. The Morgan fingerprint density at radius 1 is 1.03 bits per heavy atom. The Balaban J connectivity index is 1.74. The van der Waals surface area contributed by atoms with Crippen LogP contribution in [0.4, 0.5) is 0 Å². The third kappa shape index (κ3) is 6.20. The van der Waals surface area contributed by atoms with Crippen LogP contribution >= 0.6 is 0 Å². The van der Waals surface area contributed by atoms with Crippen LogP contribution in [0.5, 0.6) is 23.1 Å². The third-order valence-corrected chi connectivity index (χ3v) is 6.71. The van der Waals surface area contributed by atoms with E-state index < -0.39 is 0 Å².